The van der Waals surface area contributed by atoms with E-state index in [1.165, 1.54) is 7.11 Å². The van der Waals surface area contributed by atoms with Gasteiger partial charge < -0.3 is 9.53 Å². The van der Waals surface area contributed by atoms with E-state index in [1.807, 2.05) is 13.8 Å². The third-order valence-electron chi connectivity index (χ3n) is 1.91. The second-order valence-corrected chi connectivity index (χ2v) is 3.29. The van der Waals surface area contributed by atoms with Gasteiger partial charge in [0.1, 0.15) is 6.29 Å². The Bertz CT molecular complexity index is 324. The lowest BCUT2D eigenvalue weighted by Gasteiger charge is -2.09. The number of carbonyl (C=O) groups excluding carboxylic acids is 1. The summed E-state index contributed by atoms with van der Waals surface area (Å²) >= 11 is 0. The molecule has 1 aromatic heterocycles. The largest absolute Gasteiger partial charge is 0.467 e. The first-order chi connectivity index (χ1) is 6.69. The summed E-state index contributed by atoms with van der Waals surface area (Å²) in [7, 11) is 1.53. The molecule has 0 N–H and O–H groups in total. The molecular weight excluding hydrogens is 180 g/mol. The Labute approximate surface area is 83.3 Å². The van der Waals surface area contributed by atoms with Gasteiger partial charge in [0.15, 0.2) is 0 Å². The molecule has 0 aliphatic carbocycles. The van der Waals surface area contributed by atoms with E-state index in [1.54, 1.807) is 6.20 Å². The van der Waals surface area contributed by atoms with Crippen LogP contribution in [-0.2, 0) is 11.2 Å². The number of rotatable bonds is 4. The van der Waals surface area contributed by atoms with Crippen LogP contribution < -0.4 is 4.74 Å². The second-order valence-electron chi connectivity index (χ2n) is 3.29. The molecule has 4 heteroatoms. The molecule has 0 aliphatic rings. The van der Waals surface area contributed by atoms with E-state index in [9.17, 15) is 4.79 Å². The topological polar surface area (TPSA) is 52.1 Å². The van der Waals surface area contributed by atoms with Crippen LogP contribution >= 0.6 is 0 Å². The summed E-state index contributed by atoms with van der Waals surface area (Å²) in [6.07, 6.45) is 2.87. The minimum atomic E-state index is 0.266. The highest BCUT2D eigenvalue weighted by Crippen LogP contribution is 2.18. The molecule has 0 spiro atoms. The Hall–Kier alpha value is -1.45. The maximum Gasteiger partial charge on any atom is 0.316 e. The fourth-order valence-corrected chi connectivity index (χ4v) is 1.25. The monoisotopic (exact) mass is 194 g/mol. The summed E-state index contributed by atoms with van der Waals surface area (Å²) in [5.41, 5.74) is 1.75. The average Bonchev–Trinajstić information content (AvgIpc) is 2.18. The van der Waals surface area contributed by atoms with E-state index in [0.29, 0.717) is 12.4 Å². The number of hydrogen-bond donors (Lipinski definition) is 0. The first-order valence-corrected chi connectivity index (χ1v) is 4.52. The summed E-state index contributed by atoms with van der Waals surface area (Å²) in [5, 5.41) is 0. The van der Waals surface area contributed by atoms with Crippen molar-refractivity contribution < 1.29 is 9.53 Å². The first-order valence-electron chi connectivity index (χ1n) is 4.52. The summed E-state index contributed by atoms with van der Waals surface area (Å²) in [5.74, 6) is 0.266. The summed E-state index contributed by atoms with van der Waals surface area (Å²) in [6, 6.07) is 0.350. The molecule has 0 fully saturated rings. The molecule has 0 unspecified atom stereocenters. The number of ether oxygens (including phenoxy) is 1. The van der Waals surface area contributed by atoms with Gasteiger partial charge in [-0.1, -0.05) is 13.8 Å². The van der Waals surface area contributed by atoms with Gasteiger partial charge in [-0.2, -0.15) is 4.98 Å². The molecule has 0 amide bonds. The van der Waals surface area contributed by atoms with Crippen molar-refractivity contribution in [3.63, 3.8) is 0 Å². The first kappa shape index (κ1) is 10.6. The van der Waals surface area contributed by atoms with Crippen molar-refractivity contribution in [2.75, 3.05) is 7.11 Å². The summed E-state index contributed by atoms with van der Waals surface area (Å²) in [4.78, 5) is 18.6. The predicted molar refractivity (Wildman–Crippen MR) is 52.4 cm³/mol. The molecule has 1 heterocycles. The average molecular weight is 194 g/mol. The van der Waals surface area contributed by atoms with Crippen LogP contribution in [0.5, 0.6) is 6.01 Å². The number of aldehydes is 1. The van der Waals surface area contributed by atoms with Crippen LogP contribution in [0, 0.1) is 0 Å². The van der Waals surface area contributed by atoms with Crippen LogP contribution in [0.15, 0.2) is 6.20 Å². The van der Waals surface area contributed by atoms with Crippen molar-refractivity contribution in [1.82, 2.24) is 9.97 Å². The van der Waals surface area contributed by atoms with Gasteiger partial charge in [0, 0.05) is 12.6 Å². The molecule has 14 heavy (non-hydrogen) atoms. The van der Waals surface area contributed by atoms with E-state index in [-0.39, 0.29) is 5.92 Å². The zero-order valence-corrected chi connectivity index (χ0v) is 8.65. The Kier molecular flexibility index (Phi) is 3.56. The molecule has 0 bridgehead atoms. The normalized spacial score (nSPS) is 10.3. The standard InChI is InChI=1S/C10H14N2O2/c1-7(2)9-8(4-5-13)6-11-10(12-9)14-3/h5-7H,4H2,1-3H3. The summed E-state index contributed by atoms with van der Waals surface area (Å²) in [6.45, 7) is 4.05. The molecule has 76 valence electrons. The van der Waals surface area contributed by atoms with Gasteiger partial charge >= 0.3 is 6.01 Å². The predicted octanol–water partition coefficient (Wildman–Crippen LogP) is 1.35. The molecule has 0 saturated carbocycles. The van der Waals surface area contributed by atoms with Gasteiger partial charge in [-0.05, 0) is 11.5 Å². The molecule has 0 aliphatic heterocycles. The second kappa shape index (κ2) is 4.69. The molecule has 1 rings (SSSR count). The minimum absolute atomic E-state index is 0.266. The Balaban J connectivity index is 3.09. The molecule has 0 atom stereocenters. The number of methoxy groups -OCH3 is 1. The van der Waals surface area contributed by atoms with Crippen LogP contribution in [0.2, 0.25) is 0 Å². The van der Waals surface area contributed by atoms with Crippen molar-refractivity contribution in [1.29, 1.82) is 0 Å². The number of carbonyl (C=O) groups is 1. The highest BCUT2D eigenvalue weighted by atomic mass is 16.5. The maximum absolute atomic E-state index is 10.4. The number of aromatic nitrogens is 2. The van der Waals surface area contributed by atoms with E-state index in [4.69, 9.17) is 4.74 Å². The minimum Gasteiger partial charge on any atom is -0.467 e. The lowest BCUT2D eigenvalue weighted by Crippen LogP contribution is -2.04. The Morgan fingerprint density at radius 1 is 1.57 bits per heavy atom. The van der Waals surface area contributed by atoms with Crippen LogP contribution in [0.1, 0.15) is 31.0 Å². The van der Waals surface area contributed by atoms with Gasteiger partial charge in [-0.25, -0.2) is 4.98 Å². The van der Waals surface area contributed by atoms with E-state index >= 15 is 0 Å². The highest BCUT2D eigenvalue weighted by Gasteiger charge is 2.10. The fraction of sp³-hybridized carbons (Fsp3) is 0.500. The van der Waals surface area contributed by atoms with Crippen molar-refractivity contribution in [3.05, 3.63) is 17.5 Å². The quantitative estimate of drug-likeness (QED) is 0.679. The van der Waals surface area contributed by atoms with E-state index in [0.717, 1.165) is 17.5 Å². The van der Waals surface area contributed by atoms with E-state index < -0.39 is 0 Å². The van der Waals surface area contributed by atoms with Gasteiger partial charge in [-0.15, -0.1) is 0 Å². The molecule has 0 aromatic carbocycles. The van der Waals surface area contributed by atoms with Gasteiger partial charge in [0.05, 0.1) is 12.8 Å². The summed E-state index contributed by atoms with van der Waals surface area (Å²) < 4.78 is 4.93. The maximum atomic E-state index is 10.4. The smallest absolute Gasteiger partial charge is 0.316 e. The van der Waals surface area contributed by atoms with Crippen molar-refractivity contribution in [2.45, 2.75) is 26.2 Å². The third-order valence-corrected chi connectivity index (χ3v) is 1.91. The van der Waals surface area contributed by atoms with Crippen LogP contribution in [0.3, 0.4) is 0 Å². The fourth-order valence-electron chi connectivity index (χ4n) is 1.25. The van der Waals surface area contributed by atoms with Crippen LogP contribution in [0.4, 0.5) is 0 Å². The zero-order chi connectivity index (χ0) is 10.6. The lowest BCUT2D eigenvalue weighted by molar-refractivity contribution is -0.107. The van der Waals surface area contributed by atoms with Gasteiger partial charge in [-0.3, -0.25) is 0 Å². The Morgan fingerprint density at radius 2 is 2.29 bits per heavy atom. The number of hydrogen-bond acceptors (Lipinski definition) is 4. The SMILES string of the molecule is COc1ncc(CC=O)c(C(C)C)n1. The van der Waals surface area contributed by atoms with Crippen LogP contribution in [0.25, 0.3) is 0 Å². The van der Waals surface area contributed by atoms with Gasteiger partial charge in [0.2, 0.25) is 0 Å². The molecule has 4 nitrogen and oxygen atoms in total. The number of nitrogens with zero attached hydrogens (tertiary/aromatic N) is 2. The Morgan fingerprint density at radius 3 is 2.79 bits per heavy atom. The lowest BCUT2D eigenvalue weighted by atomic mass is 10.0. The molecular formula is C10H14N2O2. The molecule has 1 aromatic rings. The zero-order valence-electron chi connectivity index (χ0n) is 8.65. The van der Waals surface area contributed by atoms with Gasteiger partial charge in [0.25, 0.3) is 0 Å². The van der Waals surface area contributed by atoms with Crippen LogP contribution in [-0.4, -0.2) is 23.4 Å². The highest BCUT2D eigenvalue weighted by molar-refractivity contribution is 5.55. The van der Waals surface area contributed by atoms with Crippen molar-refractivity contribution >= 4 is 6.29 Å². The van der Waals surface area contributed by atoms with E-state index in [2.05, 4.69) is 9.97 Å². The third kappa shape index (κ3) is 2.28. The van der Waals surface area contributed by atoms with Crippen molar-refractivity contribution in [3.8, 4) is 6.01 Å². The molecule has 0 radical (unpaired) electrons. The molecule has 0 saturated heterocycles. The van der Waals surface area contributed by atoms with Crippen molar-refractivity contribution in [2.24, 2.45) is 0 Å².